The van der Waals surface area contributed by atoms with Crippen LogP contribution in [0.2, 0.25) is 0 Å². The van der Waals surface area contributed by atoms with Crippen LogP contribution in [-0.4, -0.2) is 74.5 Å². The average Bonchev–Trinajstić information content (AvgIpc) is 3.55. The van der Waals surface area contributed by atoms with Crippen molar-refractivity contribution in [2.24, 2.45) is 23.2 Å². The highest BCUT2D eigenvalue weighted by Crippen LogP contribution is 2.73. The Morgan fingerprint density at radius 3 is 2.46 bits per heavy atom. The molecule has 1 unspecified atom stereocenters. The molecule has 3 heterocycles. The Morgan fingerprint density at radius 1 is 1.11 bits per heavy atom. The third-order valence-corrected chi connectivity index (χ3v) is 15.0. The van der Waals surface area contributed by atoms with Gasteiger partial charge in [-0.2, -0.15) is 0 Å². The smallest absolute Gasteiger partial charge is 0.306 e. The third kappa shape index (κ3) is 8.82. The number of likely N-dealkylation sites (tertiary alicyclic amines) is 1. The zero-order valence-electron chi connectivity index (χ0n) is 33.5. The summed E-state index contributed by atoms with van der Waals surface area (Å²) in [6.45, 7) is 17.5. The van der Waals surface area contributed by atoms with Gasteiger partial charge in [-0.3, -0.25) is 18.9 Å². The molecule has 0 radical (unpaired) electrons. The lowest BCUT2D eigenvalue weighted by Gasteiger charge is -2.35. The average molecular weight is 806 g/mol. The minimum atomic E-state index is -3.95. The summed E-state index contributed by atoms with van der Waals surface area (Å²) in [4.78, 5) is 64.9. The predicted octanol–water partition coefficient (Wildman–Crippen LogP) is 8.77. The van der Waals surface area contributed by atoms with Gasteiger partial charge in [0, 0.05) is 42.2 Å². The monoisotopic (exact) mass is 805 g/mol. The van der Waals surface area contributed by atoms with Crippen LogP contribution in [0, 0.1) is 23.2 Å². The molecule has 1 aliphatic heterocycles. The molecule has 3 aromatic rings. The summed E-state index contributed by atoms with van der Waals surface area (Å²) in [5.74, 6) is 0.396. The first-order valence-electron chi connectivity index (χ1n) is 19.7. The van der Waals surface area contributed by atoms with Crippen LogP contribution in [0.15, 0.2) is 54.7 Å². The highest BCUT2D eigenvalue weighted by atomic mass is 32.1. The van der Waals surface area contributed by atoms with E-state index in [1.807, 2.05) is 50.4 Å². The van der Waals surface area contributed by atoms with E-state index in [0.717, 1.165) is 54.0 Å². The Kier molecular flexibility index (Phi) is 12.3. The predicted molar refractivity (Wildman–Crippen MR) is 219 cm³/mol. The SMILES string of the molecule is C=C[C@@H]1C[C@]1(CC(=O)[C@@H]1C[C@@H](Oc2cc(-c3csc(CC(C)C)n3)nc3cc(OC)ccc23)CN1C(=O)[C@@H](CC(=O)OC1CCCC1)C(C)(C)C)P(=O)(O)C=C. The van der Waals surface area contributed by atoms with Gasteiger partial charge >= 0.3 is 5.97 Å². The second-order valence-electron chi connectivity index (χ2n) is 17.2. The van der Waals surface area contributed by atoms with Crippen LogP contribution in [0.4, 0.5) is 0 Å². The van der Waals surface area contributed by atoms with Crippen molar-refractivity contribution >= 4 is 47.3 Å². The van der Waals surface area contributed by atoms with Crippen LogP contribution in [-0.2, 0) is 30.1 Å². The summed E-state index contributed by atoms with van der Waals surface area (Å²) in [6, 6.07) is 6.42. The first-order valence-corrected chi connectivity index (χ1v) is 22.3. The Morgan fingerprint density at radius 2 is 1.84 bits per heavy atom. The molecule has 1 aromatic carbocycles. The topological polar surface area (TPSA) is 145 Å². The van der Waals surface area contributed by atoms with E-state index in [4.69, 9.17) is 24.2 Å². The quantitative estimate of drug-likeness (QED) is 0.0847. The number of ketones is 1. The fourth-order valence-electron chi connectivity index (χ4n) is 8.30. The van der Waals surface area contributed by atoms with Crippen molar-refractivity contribution in [3.8, 4) is 22.9 Å². The number of amides is 1. The number of esters is 1. The number of carbonyl (C=O) groups excluding carboxylic acids is 3. The molecule has 0 spiro atoms. The summed E-state index contributed by atoms with van der Waals surface area (Å²) in [5.41, 5.74) is 1.33. The number of rotatable bonds is 16. The summed E-state index contributed by atoms with van der Waals surface area (Å²) in [7, 11) is -2.35. The second kappa shape index (κ2) is 16.5. The Balaban J connectivity index is 1.34. The van der Waals surface area contributed by atoms with Crippen molar-refractivity contribution < 1.29 is 38.1 Å². The fourth-order valence-corrected chi connectivity index (χ4v) is 11.1. The maximum Gasteiger partial charge on any atom is 0.306 e. The van der Waals surface area contributed by atoms with E-state index in [9.17, 15) is 23.8 Å². The van der Waals surface area contributed by atoms with Crippen LogP contribution in [0.5, 0.6) is 11.5 Å². The number of Topliss-reactive ketones (excluding diaryl/α,β-unsaturated/α-hetero) is 1. The molecule has 3 fully saturated rings. The molecule has 6 atom stereocenters. The van der Waals surface area contributed by atoms with E-state index in [0.29, 0.717) is 35.0 Å². The van der Waals surface area contributed by atoms with Gasteiger partial charge in [0.15, 0.2) is 5.78 Å². The van der Waals surface area contributed by atoms with Crippen LogP contribution < -0.4 is 9.47 Å². The summed E-state index contributed by atoms with van der Waals surface area (Å²) >= 11 is 1.58. The molecule has 0 bridgehead atoms. The molecule has 302 valence electrons. The number of ether oxygens (including phenoxy) is 3. The molecule has 3 aliphatic rings. The lowest BCUT2D eigenvalue weighted by Crippen LogP contribution is -2.48. The molecule has 2 aromatic heterocycles. The number of allylic oxidation sites excluding steroid dienone is 1. The zero-order chi connectivity index (χ0) is 40.6. The van der Waals surface area contributed by atoms with Crippen LogP contribution in [0.1, 0.15) is 91.0 Å². The lowest BCUT2D eigenvalue weighted by molar-refractivity contribution is -0.156. The van der Waals surface area contributed by atoms with E-state index in [1.165, 1.54) is 4.90 Å². The fraction of sp³-hybridized carbons (Fsp3) is 0.558. The van der Waals surface area contributed by atoms with Gasteiger partial charge in [0.1, 0.15) is 23.7 Å². The number of nitrogens with zero attached hydrogens (tertiary/aromatic N) is 3. The number of fused-ring (bicyclic) bond motifs is 1. The Labute approximate surface area is 334 Å². The van der Waals surface area contributed by atoms with E-state index < -0.39 is 42.0 Å². The van der Waals surface area contributed by atoms with Crippen molar-refractivity contribution in [1.82, 2.24) is 14.9 Å². The Bertz CT molecular complexity index is 2030. The van der Waals surface area contributed by atoms with Crippen molar-refractivity contribution in [2.75, 3.05) is 13.7 Å². The maximum absolute atomic E-state index is 14.8. The largest absolute Gasteiger partial charge is 0.497 e. The molecular formula is C43H56N3O8PS. The van der Waals surface area contributed by atoms with Crippen molar-refractivity contribution in [3.05, 3.63) is 59.7 Å². The minimum Gasteiger partial charge on any atom is -0.497 e. The summed E-state index contributed by atoms with van der Waals surface area (Å²) in [6.07, 6.45) is 5.45. The van der Waals surface area contributed by atoms with E-state index in [-0.39, 0.29) is 49.5 Å². The van der Waals surface area contributed by atoms with Gasteiger partial charge in [-0.1, -0.05) is 47.3 Å². The van der Waals surface area contributed by atoms with Gasteiger partial charge in [-0.05, 0) is 67.3 Å². The molecule has 56 heavy (non-hydrogen) atoms. The zero-order valence-corrected chi connectivity index (χ0v) is 35.2. The number of methoxy groups -OCH3 is 1. The number of pyridine rings is 1. The molecule has 1 amide bonds. The first kappa shape index (κ1) is 41.8. The van der Waals surface area contributed by atoms with Crippen molar-refractivity contribution in [3.63, 3.8) is 0 Å². The molecule has 2 aliphatic carbocycles. The van der Waals surface area contributed by atoms with E-state index in [1.54, 1.807) is 24.5 Å². The summed E-state index contributed by atoms with van der Waals surface area (Å²) < 4.78 is 31.6. The number of aromatic nitrogens is 2. The highest BCUT2D eigenvalue weighted by molar-refractivity contribution is 7.63. The van der Waals surface area contributed by atoms with Gasteiger partial charge in [-0.15, -0.1) is 17.9 Å². The Hall–Kier alpha value is -3.86. The minimum absolute atomic E-state index is 0.0696. The standard InChI is InChI=1S/C43H56N3O8PS/c1-9-27-22-43(27,55(50,51)10-2)23-37(47)36-19-30(24-46(36)41(49)32(42(5,6)7)20-40(48)54-28-13-11-12-14-28)53-38-21-34(35-25-56-39(45-35)17-26(3)4)44-33-18-29(52-8)15-16-31(33)38/h9-10,15-16,18,21,25-28,30,32,36H,1-2,11-14,17,19-20,22-24H2,3-8H3,(H,50,51)/t27-,30-,32-,36+,43-/m1/s1. The van der Waals surface area contributed by atoms with Gasteiger partial charge < -0.3 is 24.0 Å². The van der Waals surface area contributed by atoms with Gasteiger partial charge in [0.25, 0.3) is 0 Å². The number of thiazole rings is 1. The number of hydrogen-bond acceptors (Lipinski definition) is 10. The molecule has 11 nitrogen and oxygen atoms in total. The molecule has 2 saturated carbocycles. The number of carbonyl (C=O) groups is 3. The summed E-state index contributed by atoms with van der Waals surface area (Å²) in [5, 5.41) is 2.50. The normalized spacial score (nSPS) is 24.1. The number of hydrogen-bond donors (Lipinski definition) is 1. The van der Waals surface area contributed by atoms with Gasteiger partial charge in [0.05, 0.1) is 59.1 Å². The van der Waals surface area contributed by atoms with E-state index in [2.05, 4.69) is 27.0 Å². The van der Waals surface area contributed by atoms with Crippen molar-refractivity contribution in [1.29, 1.82) is 0 Å². The lowest BCUT2D eigenvalue weighted by atomic mass is 9.77. The second-order valence-corrected chi connectivity index (χ2v) is 20.7. The van der Waals surface area contributed by atoms with Crippen LogP contribution in [0.3, 0.4) is 0 Å². The molecule has 1 N–H and O–H groups in total. The molecule has 6 rings (SSSR count). The molecular weight excluding hydrogens is 750 g/mol. The first-order chi connectivity index (χ1) is 26.5. The number of benzene rings is 1. The third-order valence-electron chi connectivity index (χ3n) is 11.7. The highest BCUT2D eigenvalue weighted by Gasteiger charge is 2.64. The molecule has 1 saturated heterocycles. The maximum atomic E-state index is 14.8. The van der Waals surface area contributed by atoms with Gasteiger partial charge in [-0.25, -0.2) is 9.97 Å². The molecule has 13 heteroatoms. The van der Waals surface area contributed by atoms with Crippen LogP contribution >= 0.6 is 18.7 Å². The van der Waals surface area contributed by atoms with Gasteiger partial charge in [0.2, 0.25) is 13.3 Å². The van der Waals surface area contributed by atoms with E-state index >= 15 is 0 Å². The van der Waals surface area contributed by atoms with Crippen LogP contribution in [0.25, 0.3) is 22.3 Å². The van der Waals surface area contributed by atoms with Crippen molar-refractivity contribution in [2.45, 2.75) is 116 Å².